The van der Waals surface area contributed by atoms with Crippen LogP contribution in [0, 0.1) is 0 Å². The first-order valence-corrected chi connectivity index (χ1v) is 7.91. The number of carbonyl (C=O) groups excluding carboxylic acids is 2. The molecule has 144 valence electrons. The van der Waals surface area contributed by atoms with E-state index >= 15 is 0 Å². The summed E-state index contributed by atoms with van der Waals surface area (Å²) in [5.74, 6) is -0.0486. The topological polar surface area (TPSA) is 82.5 Å². The van der Waals surface area contributed by atoms with Gasteiger partial charge in [0.1, 0.15) is 6.04 Å². The molecule has 0 saturated carbocycles. The largest absolute Gasteiger partial charge is 0.354 e. The van der Waals surface area contributed by atoms with E-state index in [1.54, 1.807) is 24.1 Å². The highest BCUT2D eigenvalue weighted by Gasteiger charge is 2.21. The van der Waals surface area contributed by atoms with Gasteiger partial charge in [-0.2, -0.15) is 5.10 Å². The Kier molecular flexibility index (Phi) is 10.7. The minimum atomic E-state index is -0.456. The molecule has 10 heteroatoms. The first kappa shape index (κ1) is 23.6. The minimum absolute atomic E-state index is 0. The van der Waals surface area contributed by atoms with Crippen molar-refractivity contribution in [2.75, 3.05) is 46.8 Å². The number of aromatic nitrogens is 2. The lowest BCUT2D eigenvalue weighted by molar-refractivity contribution is -0.132. The molecule has 8 nitrogen and oxygen atoms in total. The summed E-state index contributed by atoms with van der Waals surface area (Å²) in [5, 5.41) is 9.87. The van der Waals surface area contributed by atoms with Crippen LogP contribution in [0.4, 0.5) is 0 Å². The van der Waals surface area contributed by atoms with Crippen LogP contribution in [0.25, 0.3) is 0 Å². The molecule has 0 radical (unpaired) electrons. The fourth-order valence-corrected chi connectivity index (χ4v) is 2.65. The maximum absolute atomic E-state index is 12.2. The summed E-state index contributed by atoms with van der Waals surface area (Å²) in [6, 6.07) is -0.456. The van der Waals surface area contributed by atoms with Crippen LogP contribution in [-0.2, 0) is 16.6 Å². The van der Waals surface area contributed by atoms with Crippen molar-refractivity contribution in [2.45, 2.75) is 12.5 Å². The normalized spacial score (nSPS) is 15.7. The Labute approximate surface area is 161 Å². The van der Waals surface area contributed by atoms with E-state index in [-0.39, 0.29) is 36.6 Å². The third kappa shape index (κ3) is 6.81. The second-order valence-corrected chi connectivity index (χ2v) is 5.89. The number of rotatable bonds is 6. The van der Waals surface area contributed by atoms with Gasteiger partial charge >= 0.3 is 0 Å². The van der Waals surface area contributed by atoms with Crippen molar-refractivity contribution in [3.05, 3.63) is 18.0 Å². The highest BCUT2D eigenvalue weighted by atomic mass is 35.5. The Morgan fingerprint density at radius 3 is 2.36 bits per heavy atom. The van der Waals surface area contributed by atoms with Crippen LogP contribution < -0.4 is 10.6 Å². The smallest absolute Gasteiger partial charge is 0.241 e. The van der Waals surface area contributed by atoms with Crippen molar-refractivity contribution < 1.29 is 9.59 Å². The van der Waals surface area contributed by atoms with Gasteiger partial charge < -0.3 is 20.4 Å². The van der Waals surface area contributed by atoms with Crippen LogP contribution in [0.2, 0.25) is 0 Å². The van der Waals surface area contributed by atoms with Gasteiger partial charge in [-0.25, -0.2) is 0 Å². The zero-order valence-electron chi connectivity index (χ0n) is 14.9. The van der Waals surface area contributed by atoms with Crippen molar-refractivity contribution >= 4 is 36.6 Å². The third-order valence-corrected chi connectivity index (χ3v) is 4.10. The second-order valence-electron chi connectivity index (χ2n) is 5.89. The third-order valence-electron chi connectivity index (χ3n) is 4.10. The Balaban J connectivity index is 0.00000288. The maximum Gasteiger partial charge on any atom is 0.241 e. The summed E-state index contributed by atoms with van der Waals surface area (Å²) in [7, 11) is 5.59. The summed E-state index contributed by atoms with van der Waals surface area (Å²) in [6.07, 6.45) is 3.80. The second kappa shape index (κ2) is 11.3. The molecular weight excluding hydrogens is 367 g/mol. The molecule has 2 N–H and O–H groups in total. The molecule has 0 aromatic carbocycles. The quantitative estimate of drug-likeness (QED) is 0.698. The molecule has 0 aliphatic carbocycles. The lowest BCUT2D eigenvalue weighted by Crippen LogP contribution is -2.48. The zero-order valence-corrected chi connectivity index (χ0v) is 16.5. The lowest BCUT2D eigenvalue weighted by atomic mass is 10.1. The molecule has 1 atom stereocenters. The number of piperazine rings is 1. The highest BCUT2D eigenvalue weighted by Crippen LogP contribution is 2.11. The van der Waals surface area contributed by atoms with Crippen molar-refractivity contribution in [3.63, 3.8) is 0 Å². The number of nitrogens with one attached hydrogen (secondary N) is 2. The molecule has 1 fully saturated rings. The first-order valence-electron chi connectivity index (χ1n) is 7.91. The molecule has 2 rings (SSSR count). The Hall–Kier alpha value is -1.35. The van der Waals surface area contributed by atoms with Gasteiger partial charge in [-0.15, -0.1) is 24.8 Å². The number of nitrogens with zero attached hydrogens (tertiary/aromatic N) is 4. The molecule has 1 aliphatic rings. The molecule has 2 amide bonds. The summed E-state index contributed by atoms with van der Waals surface area (Å²) < 4.78 is 1.66. The average molecular weight is 395 g/mol. The number of carbonyl (C=O) groups is 2. The van der Waals surface area contributed by atoms with Gasteiger partial charge in [0, 0.05) is 58.0 Å². The van der Waals surface area contributed by atoms with Crippen LogP contribution >= 0.6 is 24.8 Å². The zero-order chi connectivity index (χ0) is 16.8. The van der Waals surface area contributed by atoms with Gasteiger partial charge in [-0.1, -0.05) is 0 Å². The van der Waals surface area contributed by atoms with E-state index in [4.69, 9.17) is 0 Å². The molecule has 25 heavy (non-hydrogen) atoms. The molecule has 1 aliphatic heterocycles. The summed E-state index contributed by atoms with van der Waals surface area (Å²) in [6.45, 7) is 3.68. The monoisotopic (exact) mass is 394 g/mol. The van der Waals surface area contributed by atoms with Gasteiger partial charge in [-0.3, -0.25) is 14.3 Å². The van der Waals surface area contributed by atoms with E-state index in [1.807, 2.05) is 11.9 Å². The Morgan fingerprint density at radius 1 is 1.20 bits per heavy atom. The maximum atomic E-state index is 12.2. The molecule has 1 saturated heterocycles. The predicted octanol–water partition coefficient (Wildman–Crippen LogP) is -0.195. The standard InChI is InChI=1S/C15H26N6O2.2ClH/c1-16-14(12-10-18-20(3)11-12)15(23)17-5-4-13(22)21-8-6-19(2)7-9-21;;/h10-11,14,16H,4-9H2,1-3H3,(H,17,23);2*1H. The molecule has 1 aromatic heterocycles. The fraction of sp³-hybridized carbons (Fsp3) is 0.667. The molecular formula is C15H28Cl2N6O2. The Bertz CT molecular complexity index is 546. The SMILES string of the molecule is CNC(C(=O)NCCC(=O)N1CCN(C)CC1)c1cnn(C)c1.Cl.Cl. The minimum Gasteiger partial charge on any atom is -0.354 e. The van der Waals surface area contributed by atoms with E-state index in [1.165, 1.54) is 0 Å². The van der Waals surface area contributed by atoms with Gasteiger partial charge in [0.15, 0.2) is 0 Å². The van der Waals surface area contributed by atoms with Crippen molar-refractivity contribution in [3.8, 4) is 0 Å². The van der Waals surface area contributed by atoms with Gasteiger partial charge in [0.25, 0.3) is 0 Å². The summed E-state index contributed by atoms with van der Waals surface area (Å²) in [5.41, 5.74) is 0.804. The number of likely N-dealkylation sites (N-methyl/N-ethyl adjacent to an activating group) is 2. The number of aryl methyl sites for hydroxylation is 1. The molecule has 2 heterocycles. The van der Waals surface area contributed by atoms with Crippen LogP contribution in [0.1, 0.15) is 18.0 Å². The highest BCUT2D eigenvalue weighted by molar-refractivity contribution is 5.85. The first-order chi connectivity index (χ1) is 11.0. The van der Waals surface area contributed by atoms with Crippen LogP contribution in [0.15, 0.2) is 12.4 Å². The number of amides is 2. The van der Waals surface area contributed by atoms with E-state index in [0.29, 0.717) is 13.0 Å². The van der Waals surface area contributed by atoms with E-state index in [0.717, 1.165) is 31.7 Å². The number of hydrogen-bond acceptors (Lipinski definition) is 5. The average Bonchev–Trinajstić information content (AvgIpc) is 2.95. The van der Waals surface area contributed by atoms with Gasteiger partial charge in [0.05, 0.1) is 6.20 Å². The predicted molar refractivity (Wildman–Crippen MR) is 101 cm³/mol. The number of hydrogen-bond donors (Lipinski definition) is 2. The van der Waals surface area contributed by atoms with Crippen LogP contribution in [0.5, 0.6) is 0 Å². The lowest BCUT2D eigenvalue weighted by Gasteiger charge is -2.32. The summed E-state index contributed by atoms with van der Waals surface area (Å²) >= 11 is 0. The van der Waals surface area contributed by atoms with Crippen molar-refractivity contribution in [1.29, 1.82) is 0 Å². The van der Waals surface area contributed by atoms with Gasteiger partial charge in [0.2, 0.25) is 11.8 Å². The molecule has 1 unspecified atom stereocenters. The van der Waals surface area contributed by atoms with Crippen molar-refractivity contribution in [1.82, 2.24) is 30.2 Å². The fourth-order valence-electron chi connectivity index (χ4n) is 2.65. The number of halogens is 2. The molecule has 0 spiro atoms. The van der Waals surface area contributed by atoms with Gasteiger partial charge in [-0.05, 0) is 14.1 Å². The van der Waals surface area contributed by atoms with E-state index in [9.17, 15) is 9.59 Å². The molecule has 0 bridgehead atoms. The van der Waals surface area contributed by atoms with E-state index in [2.05, 4.69) is 27.7 Å². The summed E-state index contributed by atoms with van der Waals surface area (Å²) in [4.78, 5) is 28.4. The molecule has 1 aromatic rings. The van der Waals surface area contributed by atoms with E-state index < -0.39 is 6.04 Å². The van der Waals surface area contributed by atoms with Crippen LogP contribution in [0.3, 0.4) is 0 Å². The Morgan fingerprint density at radius 2 is 1.84 bits per heavy atom. The van der Waals surface area contributed by atoms with Crippen LogP contribution in [-0.4, -0.2) is 78.2 Å². The van der Waals surface area contributed by atoms with Crippen molar-refractivity contribution in [2.24, 2.45) is 7.05 Å².